The predicted molar refractivity (Wildman–Crippen MR) is 112 cm³/mol. The third-order valence-corrected chi connectivity index (χ3v) is 5.79. The van der Waals surface area contributed by atoms with Gasteiger partial charge >= 0.3 is 11.3 Å². The number of thioether (sulfide) groups is 1. The van der Waals surface area contributed by atoms with Crippen LogP contribution in [0.25, 0.3) is 11.3 Å². The van der Waals surface area contributed by atoms with Crippen molar-refractivity contribution in [2.75, 3.05) is 11.2 Å². The lowest BCUT2D eigenvalue weighted by Crippen LogP contribution is -2.60. The van der Waals surface area contributed by atoms with E-state index in [-0.39, 0.29) is 11.5 Å². The van der Waals surface area contributed by atoms with Crippen LogP contribution >= 0.6 is 27.7 Å². The van der Waals surface area contributed by atoms with Gasteiger partial charge in [0.25, 0.3) is 6.17 Å². The quantitative estimate of drug-likeness (QED) is 0.482. The van der Waals surface area contributed by atoms with E-state index in [9.17, 15) is 9.59 Å². The van der Waals surface area contributed by atoms with E-state index in [1.54, 1.807) is 9.58 Å². The molecule has 0 aliphatic carbocycles. The zero-order chi connectivity index (χ0) is 19.8. The Labute approximate surface area is 174 Å². The molecular formula is C20H18BrN4O2S+. The molecule has 0 saturated heterocycles. The molecule has 4 rings (SSSR count). The van der Waals surface area contributed by atoms with Crippen molar-refractivity contribution < 1.29 is 9.48 Å². The van der Waals surface area contributed by atoms with Crippen molar-refractivity contribution in [2.45, 2.75) is 24.7 Å². The van der Waals surface area contributed by atoms with Crippen LogP contribution in [0.5, 0.6) is 0 Å². The summed E-state index contributed by atoms with van der Waals surface area (Å²) < 4.78 is 2.61. The molecule has 1 aliphatic rings. The summed E-state index contributed by atoms with van der Waals surface area (Å²) in [7, 11) is 0. The largest absolute Gasteiger partial charge is 0.325 e. The Hall–Kier alpha value is -2.45. The molecule has 0 unspecified atom stereocenters. The number of amides is 1. The summed E-state index contributed by atoms with van der Waals surface area (Å²) in [5.74, 6) is -0.0358. The van der Waals surface area contributed by atoms with Crippen LogP contribution in [0.3, 0.4) is 0 Å². The Balaban J connectivity index is 2.08. The molecule has 0 saturated carbocycles. The van der Waals surface area contributed by atoms with E-state index in [4.69, 9.17) is 0 Å². The predicted octanol–water partition coefficient (Wildman–Crippen LogP) is 3.51. The molecule has 142 valence electrons. The number of hydrogen-bond donors (Lipinski definition) is 1. The number of rotatable bonds is 3. The summed E-state index contributed by atoms with van der Waals surface area (Å²) >= 11 is 4.81. The number of nitrogens with zero attached hydrogens (tertiary/aromatic N) is 3. The number of halogens is 1. The summed E-state index contributed by atoms with van der Waals surface area (Å²) in [6, 6.07) is 15.2. The van der Waals surface area contributed by atoms with Crippen LogP contribution in [0.2, 0.25) is 0 Å². The number of anilines is 1. The molecule has 2 heterocycles. The number of H-pyrrole nitrogens is 1. The highest BCUT2D eigenvalue weighted by Gasteiger charge is 2.45. The van der Waals surface area contributed by atoms with Crippen molar-refractivity contribution in [3.05, 3.63) is 68.9 Å². The molecule has 1 aliphatic heterocycles. The highest BCUT2D eigenvalue weighted by molar-refractivity contribution is 9.10. The minimum absolute atomic E-state index is 0.0358. The SMILES string of the molecule is CCC(=O)N1c2ccccc2-c2c(=O)[nH]c(SC)n[n+]2[C@H]1c1ccc(Br)cc1. The van der Waals surface area contributed by atoms with E-state index < -0.39 is 6.17 Å². The van der Waals surface area contributed by atoms with Gasteiger partial charge in [0, 0.05) is 21.6 Å². The monoisotopic (exact) mass is 457 g/mol. The van der Waals surface area contributed by atoms with Crippen molar-refractivity contribution in [3.8, 4) is 11.3 Å². The number of aromatic amines is 1. The van der Waals surface area contributed by atoms with Gasteiger partial charge in [0.05, 0.1) is 11.3 Å². The van der Waals surface area contributed by atoms with Crippen molar-refractivity contribution in [1.82, 2.24) is 10.1 Å². The van der Waals surface area contributed by atoms with E-state index in [0.717, 1.165) is 10.0 Å². The normalized spacial score (nSPS) is 15.1. The van der Waals surface area contributed by atoms with Gasteiger partial charge in [-0.3, -0.25) is 14.6 Å². The lowest BCUT2D eigenvalue weighted by molar-refractivity contribution is -0.763. The van der Waals surface area contributed by atoms with Crippen LogP contribution < -0.4 is 15.1 Å². The number of fused-ring (bicyclic) bond motifs is 3. The number of carbonyl (C=O) groups excluding carboxylic acids is 1. The summed E-state index contributed by atoms with van der Waals surface area (Å²) in [5.41, 5.74) is 2.50. The minimum atomic E-state index is -0.543. The molecule has 1 amide bonds. The Bertz CT molecular complexity index is 1110. The van der Waals surface area contributed by atoms with Crippen LogP contribution in [0.4, 0.5) is 5.69 Å². The third kappa shape index (κ3) is 3.06. The fourth-order valence-corrected chi connectivity index (χ4v) is 4.07. The van der Waals surface area contributed by atoms with Gasteiger partial charge in [-0.25, -0.2) is 4.90 Å². The molecule has 1 atom stereocenters. The van der Waals surface area contributed by atoms with Gasteiger partial charge in [0.1, 0.15) is 0 Å². The molecular weight excluding hydrogens is 440 g/mol. The number of benzene rings is 2. The molecule has 0 fully saturated rings. The van der Waals surface area contributed by atoms with E-state index in [1.807, 2.05) is 61.7 Å². The minimum Gasteiger partial charge on any atom is -0.291 e. The second kappa shape index (κ2) is 7.52. The second-order valence-electron chi connectivity index (χ2n) is 6.32. The summed E-state index contributed by atoms with van der Waals surface area (Å²) in [6.45, 7) is 1.84. The molecule has 28 heavy (non-hydrogen) atoms. The molecule has 0 radical (unpaired) electrons. The van der Waals surface area contributed by atoms with Crippen molar-refractivity contribution >= 4 is 39.3 Å². The highest BCUT2D eigenvalue weighted by atomic mass is 79.9. The zero-order valence-electron chi connectivity index (χ0n) is 15.3. The summed E-state index contributed by atoms with van der Waals surface area (Å²) in [5, 5.41) is 5.16. The lowest BCUT2D eigenvalue weighted by atomic mass is 10.0. The van der Waals surface area contributed by atoms with Crippen LogP contribution in [-0.4, -0.2) is 22.2 Å². The van der Waals surface area contributed by atoms with Gasteiger partial charge in [-0.15, -0.1) is 0 Å². The van der Waals surface area contributed by atoms with Crippen molar-refractivity contribution in [1.29, 1.82) is 0 Å². The number of hydrogen-bond acceptors (Lipinski definition) is 4. The van der Waals surface area contributed by atoms with E-state index in [2.05, 4.69) is 26.0 Å². The maximum atomic E-state index is 13.0. The lowest BCUT2D eigenvalue weighted by Gasteiger charge is -2.32. The Morgan fingerprint density at radius 1 is 1.25 bits per heavy atom. The summed E-state index contributed by atoms with van der Waals surface area (Å²) in [4.78, 5) is 30.5. The van der Waals surface area contributed by atoms with Gasteiger partial charge in [-0.05, 0) is 47.3 Å². The summed E-state index contributed by atoms with van der Waals surface area (Å²) in [6.07, 6.45) is 1.65. The maximum absolute atomic E-state index is 13.0. The first-order valence-electron chi connectivity index (χ1n) is 8.82. The number of aromatic nitrogens is 3. The highest BCUT2D eigenvalue weighted by Crippen LogP contribution is 2.37. The van der Waals surface area contributed by atoms with Crippen LogP contribution in [-0.2, 0) is 4.79 Å². The maximum Gasteiger partial charge on any atom is 0.325 e. The molecule has 8 heteroatoms. The third-order valence-electron chi connectivity index (χ3n) is 4.69. The first-order chi connectivity index (χ1) is 13.5. The Morgan fingerprint density at radius 2 is 1.96 bits per heavy atom. The van der Waals surface area contributed by atoms with E-state index in [0.29, 0.717) is 28.5 Å². The van der Waals surface area contributed by atoms with Crippen LogP contribution in [0.1, 0.15) is 25.1 Å². The smallest absolute Gasteiger partial charge is 0.291 e. The second-order valence-corrected chi connectivity index (χ2v) is 8.03. The van der Waals surface area contributed by atoms with Gasteiger partial charge < -0.3 is 0 Å². The fourth-order valence-electron chi connectivity index (χ4n) is 3.44. The van der Waals surface area contributed by atoms with Gasteiger partial charge in [0.15, 0.2) is 0 Å². The van der Waals surface area contributed by atoms with E-state index >= 15 is 0 Å². The average molecular weight is 458 g/mol. The topological polar surface area (TPSA) is 69.9 Å². The molecule has 0 bridgehead atoms. The number of para-hydroxylation sites is 1. The van der Waals surface area contributed by atoms with Crippen LogP contribution in [0.15, 0.2) is 63.0 Å². The molecule has 3 aromatic rings. The first kappa shape index (κ1) is 18.9. The number of carbonyl (C=O) groups is 1. The van der Waals surface area contributed by atoms with Gasteiger partial charge in [-0.2, -0.15) is 0 Å². The van der Waals surface area contributed by atoms with Gasteiger partial charge in [-0.1, -0.05) is 46.7 Å². The number of nitrogens with one attached hydrogen (secondary N) is 1. The van der Waals surface area contributed by atoms with Crippen molar-refractivity contribution in [3.63, 3.8) is 0 Å². The fraction of sp³-hybridized carbons (Fsp3) is 0.200. The molecule has 1 aromatic heterocycles. The first-order valence-corrected chi connectivity index (χ1v) is 10.8. The Kier molecular flexibility index (Phi) is 5.07. The zero-order valence-corrected chi connectivity index (χ0v) is 17.8. The molecule has 6 nitrogen and oxygen atoms in total. The Morgan fingerprint density at radius 3 is 2.64 bits per heavy atom. The van der Waals surface area contributed by atoms with Crippen molar-refractivity contribution in [2.24, 2.45) is 0 Å². The molecule has 2 aromatic carbocycles. The average Bonchev–Trinajstić information content (AvgIpc) is 2.72. The van der Waals surface area contributed by atoms with E-state index in [1.165, 1.54) is 11.8 Å². The molecule has 0 spiro atoms. The molecule has 1 N–H and O–H groups in total. The standard InChI is InChI=1S/C20H17BrN4O2S/c1-3-16(26)24-15-7-5-4-6-14(15)17-18(27)22-20(28-2)23-25(17)19(24)12-8-10-13(21)11-9-12/h4-11,19H,3H2,1-2H3/p+1/t19-/m0/s1. The van der Waals surface area contributed by atoms with Gasteiger partial charge in [0.2, 0.25) is 11.1 Å². The van der Waals surface area contributed by atoms with Crippen LogP contribution in [0, 0.1) is 0 Å².